The lowest BCUT2D eigenvalue weighted by molar-refractivity contribution is -0.895. The third-order valence-corrected chi connectivity index (χ3v) is 6.17. The van der Waals surface area contributed by atoms with Crippen LogP contribution in [0.4, 0.5) is 5.69 Å². The maximum absolute atomic E-state index is 12.7. The van der Waals surface area contributed by atoms with E-state index >= 15 is 0 Å². The molecular formula is C21H25ClN3O2S+. The van der Waals surface area contributed by atoms with Gasteiger partial charge in [-0.3, -0.25) is 9.59 Å². The summed E-state index contributed by atoms with van der Waals surface area (Å²) >= 11 is 7.67. The first-order chi connectivity index (χ1) is 13.5. The molecule has 0 aromatic heterocycles. The molecule has 1 fully saturated rings. The van der Waals surface area contributed by atoms with E-state index in [2.05, 4.69) is 5.32 Å². The van der Waals surface area contributed by atoms with Crippen molar-refractivity contribution in [2.45, 2.75) is 17.1 Å². The number of para-hydroxylation sites is 1. The lowest BCUT2D eigenvalue weighted by Gasteiger charge is -2.33. The number of nitrogens with zero attached hydrogens (tertiary/aromatic N) is 1. The summed E-state index contributed by atoms with van der Waals surface area (Å²) in [6.45, 7) is 5.22. The van der Waals surface area contributed by atoms with Crippen molar-refractivity contribution in [1.29, 1.82) is 0 Å². The molecule has 0 spiro atoms. The Morgan fingerprint density at radius 1 is 1.11 bits per heavy atom. The molecule has 2 amide bonds. The van der Waals surface area contributed by atoms with E-state index < -0.39 is 0 Å². The Morgan fingerprint density at radius 3 is 2.43 bits per heavy atom. The van der Waals surface area contributed by atoms with Gasteiger partial charge < -0.3 is 15.1 Å². The molecule has 2 N–H and O–H groups in total. The van der Waals surface area contributed by atoms with Crippen LogP contribution in [0.5, 0.6) is 0 Å². The fourth-order valence-corrected chi connectivity index (χ4v) is 4.37. The van der Waals surface area contributed by atoms with Gasteiger partial charge in [0.05, 0.1) is 42.1 Å². The summed E-state index contributed by atoms with van der Waals surface area (Å²) in [4.78, 5) is 29.2. The topological polar surface area (TPSA) is 53.9 Å². The summed E-state index contributed by atoms with van der Waals surface area (Å²) in [6.07, 6.45) is 0. The molecule has 28 heavy (non-hydrogen) atoms. The minimum absolute atomic E-state index is 0.0594. The zero-order chi connectivity index (χ0) is 19.9. The number of rotatable bonds is 6. The molecule has 0 unspecified atom stereocenters. The van der Waals surface area contributed by atoms with E-state index in [0.29, 0.717) is 30.3 Å². The van der Waals surface area contributed by atoms with Gasteiger partial charge in [-0.05, 0) is 31.2 Å². The predicted molar refractivity (Wildman–Crippen MR) is 114 cm³/mol. The van der Waals surface area contributed by atoms with Gasteiger partial charge in [0, 0.05) is 4.90 Å². The van der Waals surface area contributed by atoms with Crippen molar-refractivity contribution in [1.82, 2.24) is 4.90 Å². The molecule has 0 saturated carbocycles. The van der Waals surface area contributed by atoms with Crippen molar-refractivity contribution in [3.8, 4) is 0 Å². The van der Waals surface area contributed by atoms with Gasteiger partial charge in [0.25, 0.3) is 5.91 Å². The maximum atomic E-state index is 12.7. The third kappa shape index (κ3) is 5.74. The minimum atomic E-state index is -0.118. The molecule has 148 valence electrons. The van der Waals surface area contributed by atoms with E-state index in [-0.39, 0.29) is 17.1 Å². The Hall–Kier alpha value is -2.02. The van der Waals surface area contributed by atoms with E-state index in [1.807, 2.05) is 54.3 Å². The van der Waals surface area contributed by atoms with Gasteiger partial charge >= 0.3 is 0 Å². The summed E-state index contributed by atoms with van der Waals surface area (Å²) in [5.41, 5.74) is 0.633. The van der Waals surface area contributed by atoms with Gasteiger partial charge in [0.1, 0.15) is 0 Å². The smallest absolute Gasteiger partial charge is 0.279 e. The SMILES string of the molecule is C[C@@H](Sc1ccccc1)C(=O)N1CC[NH+](CC(=O)Nc2ccccc2Cl)CC1. The molecule has 1 atom stereocenters. The van der Waals surface area contributed by atoms with Crippen molar-refractivity contribution in [2.75, 3.05) is 38.0 Å². The van der Waals surface area contributed by atoms with Crippen LogP contribution in [-0.2, 0) is 9.59 Å². The fraction of sp³-hybridized carbons (Fsp3) is 0.333. The zero-order valence-corrected chi connectivity index (χ0v) is 17.4. The summed E-state index contributed by atoms with van der Waals surface area (Å²) in [6, 6.07) is 17.2. The van der Waals surface area contributed by atoms with Crippen LogP contribution in [-0.4, -0.2) is 54.7 Å². The van der Waals surface area contributed by atoms with Gasteiger partial charge in [-0.2, -0.15) is 0 Å². The number of nitrogens with one attached hydrogen (secondary N) is 2. The van der Waals surface area contributed by atoms with Crippen molar-refractivity contribution < 1.29 is 14.5 Å². The number of hydrogen-bond acceptors (Lipinski definition) is 3. The second-order valence-electron chi connectivity index (χ2n) is 6.85. The van der Waals surface area contributed by atoms with Crippen LogP contribution in [0, 0.1) is 0 Å². The summed E-state index contributed by atoms with van der Waals surface area (Å²) in [7, 11) is 0. The average Bonchev–Trinajstić information content (AvgIpc) is 2.70. The highest BCUT2D eigenvalue weighted by Crippen LogP contribution is 2.24. The first-order valence-electron chi connectivity index (χ1n) is 9.41. The first kappa shape index (κ1) is 20.7. The van der Waals surface area contributed by atoms with E-state index in [0.717, 1.165) is 18.0 Å². The second kappa shape index (κ2) is 9.96. The van der Waals surface area contributed by atoms with Crippen molar-refractivity contribution >= 4 is 40.9 Å². The molecule has 2 aromatic rings. The first-order valence-corrected chi connectivity index (χ1v) is 10.7. The van der Waals surface area contributed by atoms with E-state index in [1.54, 1.807) is 23.9 Å². The Bertz CT molecular complexity index is 810. The van der Waals surface area contributed by atoms with E-state index in [1.165, 1.54) is 4.90 Å². The number of benzene rings is 2. The normalized spacial score (nSPS) is 15.9. The highest BCUT2D eigenvalue weighted by atomic mass is 35.5. The van der Waals surface area contributed by atoms with Crippen LogP contribution in [0.25, 0.3) is 0 Å². The molecular weight excluding hydrogens is 394 g/mol. The number of piperazine rings is 1. The number of anilines is 1. The number of amides is 2. The summed E-state index contributed by atoms with van der Waals surface area (Å²) in [5, 5.41) is 3.28. The largest absolute Gasteiger partial charge is 0.330 e. The van der Waals surface area contributed by atoms with Crippen molar-refractivity contribution in [3.63, 3.8) is 0 Å². The molecule has 0 aliphatic carbocycles. The zero-order valence-electron chi connectivity index (χ0n) is 15.9. The second-order valence-corrected chi connectivity index (χ2v) is 8.67. The monoisotopic (exact) mass is 418 g/mol. The van der Waals surface area contributed by atoms with Gasteiger partial charge in [0.15, 0.2) is 6.54 Å². The Kier molecular flexibility index (Phi) is 7.36. The Labute approximate surface area is 175 Å². The number of carbonyl (C=O) groups excluding carboxylic acids is 2. The van der Waals surface area contributed by atoms with Gasteiger partial charge in [-0.15, -0.1) is 11.8 Å². The molecule has 0 radical (unpaired) electrons. The van der Waals surface area contributed by atoms with Gasteiger partial charge in [0.2, 0.25) is 5.91 Å². The standard InChI is InChI=1S/C21H24ClN3O2S/c1-16(28-17-7-3-2-4-8-17)21(27)25-13-11-24(12-14-25)15-20(26)23-19-10-6-5-9-18(19)22/h2-10,16H,11-15H2,1H3,(H,23,26)/p+1/t16-/m1/s1. The molecule has 5 nitrogen and oxygen atoms in total. The van der Waals surface area contributed by atoms with Gasteiger partial charge in [-0.25, -0.2) is 0 Å². The van der Waals surface area contributed by atoms with Crippen molar-refractivity contribution in [3.05, 3.63) is 59.6 Å². The molecule has 1 aliphatic rings. The van der Waals surface area contributed by atoms with Crippen LogP contribution >= 0.6 is 23.4 Å². The molecule has 7 heteroatoms. The maximum Gasteiger partial charge on any atom is 0.279 e. The highest BCUT2D eigenvalue weighted by Gasteiger charge is 2.28. The minimum Gasteiger partial charge on any atom is -0.330 e. The average molecular weight is 419 g/mol. The van der Waals surface area contributed by atoms with Crippen LogP contribution in [0.15, 0.2) is 59.5 Å². The predicted octanol–water partition coefficient (Wildman–Crippen LogP) is 2.19. The third-order valence-electron chi connectivity index (χ3n) is 4.74. The summed E-state index contributed by atoms with van der Waals surface area (Å²) in [5.74, 6) is 0.101. The van der Waals surface area contributed by atoms with E-state index in [9.17, 15) is 9.59 Å². The number of quaternary nitrogens is 1. The van der Waals surface area contributed by atoms with Crippen LogP contribution in [0.2, 0.25) is 5.02 Å². The lowest BCUT2D eigenvalue weighted by atomic mass is 10.2. The highest BCUT2D eigenvalue weighted by molar-refractivity contribution is 8.00. The fourth-order valence-electron chi connectivity index (χ4n) is 3.21. The number of halogens is 1. The quantitative estimate of drug-likeness (QED) is 0.707. The van der Waals surface area contributed by atoms with Crippen LogP contribution in [0.1, 0.15) is 6.92 Å². The molecule has 2 aromatic carbocycles. The van der Waals surface area contributed by atoms with Crippen LogP contribution in [0.3, 0.4) is 0 Å². The van der Waals surface area contributed by atoms with E-state index in [4.69, 9.17) is 11.6 Å². The number of hydrogen-bond donors (Lipinski definition) is 2. The molecule has 1 aliphatic heterocycles. The summed E-state index contributed by atoms with van der Waals surface area (Å²) < 4.78 is 0. The lowest BCUT2D eigenvalue weighted by Crippen LogP contribution is -3.15. The Morgan fingerprint density at radius 2 is 1.75 bits per heavy atom. The molecule has 1 heterocycles. The molecule has 3 rings (SSSR count). The van der Waals surface area contributed by atoms with Crippen molar-refractivity contribution in [2.24, 2.45) is 0 Å². The van der Waals surface area contributed by atoms with Gasteiger partial charge in [-0.1, -0.05) is 41.9 Å². The molecule has 0 bridgehead atoms. The Balaban J connectivity index is 1.44. The molecule has 1 saturated heterocycles. The number of carbonyl (C=O) groups is 2. The van der Waals surface area contributed by atoms with Crippen LogP contribution < -0.4 is 10.2 Å². The number of thioether (sulfide) groups is 1.